The summed E-state index contributed by atoms with van der Waals surface area (Å²) < 4.78 is 0. The zero-order chi connectivity index (χ0) is 32.5. The maximum Gasteiger partial charge on any atom is 0.265 e. The molecule has 0 bridgehead atoms. The Morgan fingerprint density at radius 3 is 1.77 bits per heavy atom. The zero-order valence-corrected chi connectivity index (χ0v) is 27.9. The minimum absolute atomic E-state index is 0.0714. The van der Waals surface area contributed by atoms with Gasteiger partial charge in [-0.15, -0.1) is 6.58 Å². The molecule has 1 saturated heterocycles. The Morgan fingerprint density at radius 1 is 0.930 bits per heavy atom. The van der Waals surface area contributed by atoms with Crippen LogP contribution < -0.4 is 0 Å². The van der Waals surface area contributed by atoms with Crippen LogP contribution in [0.1, 0.15) is 84.8 Å². The van der Waals surface area contributed by atoms with Gasteiger partial charge in [0.05, 0.1) is 5.60 Å². The van der Waals surface area contributed by atoms with Crippen molar-refractivity contribution in [1.82, 2.24) is 9.80 Å². The first-order valence-corrected chi connectivity index (χ1v) is 16.0. The Labute approximate surface area is 261 Å². The van der Waals surface area contributed by atoms with Crippen molar-refractivity contribution in [2.45, 2.75) is 84.8 Å². The number of carbonyl (C=O) groups is 1. The molecule has 1 aliphatic carbocycles. The van der Waals surface area contributed by atoms with Crippen molar-refractivity contribution in [1.29, 1.82) is 0 Å². The maximum atomic E-state index is 14.2. The molecule has 2 N–H and O–H groups in total. The highest BCUT2D eigenvalue weighted by Crippen LogP contribution is 2.45. The number of carbonyl (C=O) groups excluding carboxylic acids is 1. The van der Waals surface area contributed by atoms with E-state index >= 15 is 0 Å². The van der Waals surface area contributed by atoms with E-state index in [9.17, 15) is 9.90 Å². The number of hydrogen-bond acceptors (Lipinski definition) is 5. The van der Waals surface area contributed by atoms with E-state index in [0.717, 1.165) is 81.4 Å². The molecule has 0 radical (unpaired) electrons. The fraction of sp³-hybridized carbons (Fsp3) is 0.514. The molecule has 2 fully saturated rings. The predicted molar refractivity (Wildman–Crippen MR) is 182 cm³/mol. The summed E-state index contributed by atoms with van der Waals surface area (Å²) in [6, 6.07) is 20.0. The van der Waals surface area contributed by atoms with Gasteiger partial charge in [0.1, 0.15) is 5.84 Å². The fourth-order valence-electron chi connectivity index (χ4n) is 5.38. The van der Waals surface area contributed by atoms with E-state index < -0.39 is 11.1 Å². The normalized spacial score (nSPS) is 18.1. The average molecular weight is 592 g/mol. The van der Waals surface area contributed by atoms with Gasteiger partial charge in [0.15, 0.2) is 5.54 Å². The van der Waals surface area contributed by atoms with Gasteiger partial charge >= 0.3 is 0 Å². The van der Waals surface area contributed by atoms with Crippen LogP contribution in [0.5, 0.6) is 0 Å². The molecular formula is C37H57N3O3. The number of aliphatic hydroxyl groups is 2. The van der Waals surface area contributed by atoms with E-state index in [4.69, 9.17) is 10.1 Å². The summed E-state index contributed by atoms with van der Waals surface area (Å²) in [5.41, 5.74) is 1.00. The number of rotatable bonds is 8. The Kier molecular flexibility index (Phi) is 17.0. The van der Waals surface area contributed by atoms with Crippen molar-refractivity contribution in [2.24, 2.45) is 10.9 Å². The van der Waals surface area contributed by atoms with Crippen LogP contribution in [0.4, 0.5) is 0 Å². The third-order valence-corrected chi connectivity index (χ3v) is 7.77. The summed E-state index contributed by atoms with van der Waals surface area (Å²) in [6.45, 7) is 22.4. The van der Waals surface area contributed by atoms with Crippen LogP contribution in [0.15, 0.2) is 90.5 Å². The van der Waals surface area contributed by atoms with Crippen LogP contribution in [0.25, 0.3) is 0 Å². The molecule has 0 spiro atoms. The van der Waals surface area contributed by atoms with Gasteiger partial charge in [0.2, 0.25) is 0 Å². The second-order valence-electron chi connectivity index (χ2n) is 10.6. The zero-order valence-electron chi connectivity index (χ0n) is 27.9. The molecule has 6 nitrogen and oxygen atoms in total. The summed E-state index contributed by atoms with van der Waals surface area (Å²) in [5, 5.41) is 17.7. The van der Waals surface area contributed by atoms with Gasteiger partial charge in [-0.25, -0.2) is 4.99 Å². The molecule has 43 heavy (non-hydrogen) atoms. The molecule has 5 rings (SSSR count). The number of amidine groups is 1. The molecule has 238 valence electrons. The SMILES string of the molecule is C=C(C)C1(O)CCN(CCCN2C(=O)C(c3ccccc3)(c3ccccc3)N=C2C2CC2)CC1.C=CC.CC.CC.CO. The number of nitrogens with zero attached hydrogens (tertiary/aromatic N) is 3. The highest BCUT2D eigenvalue weighted by molar-refractivity contribution is 6.11. The Bertz CT molecular complexity index is 1080. The fourth-order valence-corrected chi connectivity index (χ4v) is 5.38. The summed E-state index contributed by atoms with van der Waals surface area (Å²) in [7, 11) is 1.00. The number of amides is 1. The van der Waals surface area contributed by atoms with Gasteiger partial charge < -0.3 is 15.1 Å². The molecule has 0 unspecified atom stereocenters. The Hall–Kier alpha value is -3.06. The van der Waals surface area contributed by atoms with Crippen molar-refractivity contribution in [3.05, 3.63) is 96.6 Å². The lowest BCUT2D eigenvalue weighted by Gasteiger charge is -2.38. The van der Waals surface area contributed by atoms with Crippen molar-refractivity contribution >= 4 is 11.7 Å². The molecule has 1 amide bonds. The number of aliphatic hydroxyl groups excluding tert-OH is 1. The minimum Gasteiger partial charge on any atom is -0.400 e. The van der Waals surface area contributed by atoms with E-state index in [1.54, 1.807) is 6.08 Å². The molecule has 6 heteroatoms. The van der Waals surface area contributed by atoms with Gasteiger partial charge in [-0.05, 0) is 69.2 Å². The van der Waals surface area contributed by atoms with Crippen LogP contribution >= 0.6 is 0 Å². The summed E-state index contributed by atoms with van der Waals surface area (Å²) >= 11 is 0. The van der Waals surface area contributed by atoms with E-state index in [-0.39, 0.29) is 5.91 Å². The van der Waals surface area contributed by atoms with Crippen LogP contribution in [-0.2, 0) is 10.3 Å². The van der Waals surface area contributed by atoms with E-state index in [0.29, 0.717) is 12.5 Å². The van der Waals surface area contributed by atoms with Crippen molar-refractivity contribution in [3.63, 3.8) is 0 Å². The van der Waals surface area contributed by atoms with Crippen LogP contribution in [0.2, 0.25) is 0 Å². The molecule has 2 aromatic rings. The van der Waals surface area contributed by atoms with Crippen molar-refractivity contribution in [2.75, 3.05) is 33.3 Å². The molecule has 3 aliphatic rings. The second kappa shape index (κ2) is 19.3. The molecule has 0 atom stereocenters. The lowest BCUT2D eigenvalue weighted by Crippen LogP contribution is -2.46. The number of likely N-dealkylation sites (tertiary alicyclic amines) is 1. The van der Waals surface area contributed by atoms with Gasteiger partial charge in [-0.3, -0.25) is 9.69 Å². The topological polar surface area (TPSA) is 76.4 Å². The number of benzene rings is 2. The van der Waals surface area contributed by atoms with E-state index in [1.807, 2.05) is 107 Å². The minimum atomic E-state index is -0.996. The second-order valence-corrected chi connectivity index (χ2v) is 10.6. The summed E-state index contributed by atoms with van der Waals surface area (Å²) in [4.78, 5) is 23.8. The van der Waals surface area contributed by atoms with E-state index in [2.05, 4.69) is 18.1 Å². The van der Waals surface area contributed by atoms with Gasteiger partial charge in [0, 0.05) is 32.7 Å². The van der Waals surface area contributed by atoms with E-state index in [1.165, 1.54) is 0 Å². The first kappa shape index (κ1) is 38.0. The van der Waals surface area contributed by atoms with Gasteiger partial charge in [-0.1, -0.05) is 101 Å². The smallest absolute Gasteiger partial charge is 0.265 e. The lowest BCUT2D eigenvalue weighted by atomic mass is 9.83. The number of allylic oxidation sites excluding steroid dienone is 1. The maximum absolute atomic E-state index is 14.2. The van der Waals surface area contributed by atoms with Crippen LogP contribution in [0, 0.1) is 5.92 Å². The average Bonchev–Trinajstić information content (AvgIpc) is 3.87. The monoisotopic (exact) mass is 591 g/mol. The third kappa shape index (κ3) is 9.46. The summed E-state index contributed by atoms with van der Waals surface area (Å²) in [6.07, 6.45) is 6.31. The largest absolute Gasteiger partial charge is 0.400 e. The third-order valence-electron chi connectivity index (χ3n) is 7.77. The number of aliphatic imine (C=N–C) groups is 1. The molecule has 2 aliphatic heterocycles. The molecule has 2 aromatic carbocycles. The van der Waals surface area contributed by atoms with Gasteiger partial charge in [0.25, 0.3) is 5.91 Å². The molecule has 2 heterocycles. The summed E-state index contributed by atoms with van der Waals surface area (Å²) in [5.74, 6) is 1.42. The first-order chi connectivity index (χ1) is 20.9. The lowest BCUT2D eigenvalue weighted by molar-refractivity contribution is -0.130. The van der Waals surface area contributed by atoms with Gasteiger partial charge in [-0.2, -0.15) is 0 Å². The predicted octanol–water partition coefficient (Wildman–Crippen LogP) is 7.23. The quantitative estimate of drug-likeness (QED) is 0.318. The molecule has 1 saturated carbocycles. The van der Waals surface area contributed by atoms with Crippen molar-refractivity contribution < 1.29 is 15.0 Å². The van der Waals surface area contributed by atoms with Crippen LogP contribution in [-0.4, -0.2) is 70.6 Å². The molecular weight excluding hydrogens is 534 g/mol. The number of hydrogen-bond donors (Lipinski definition) is 2. The standard InChI is InChI=1S/C29H35N3O2.C3H6.2C2H6.CH4O/c1-22(2)28(34)16-20-31(21-17-28)18-9-19-32-26(23-14-15-23)30-29(27(32)33,24-10-5-3-6-11-24)25-12-7-4-8-13-25;1-3-2;3*1-2/h3-8,10-13,23,34H,1,9,14-21H2,2H3;3H,1H2,2H3;2*1-2H3;2H,1H3. The molecule has 0 aromatic heterocycles. The highest BCUT2D eigenvalue weighted by Gasteiger charge is 2.53. The van der Waals surface area contributed by atoms with Crippen molar-refractivity contribution in [3.8, 4) is 0 Å². The Morgan fingerprint density at radius 2 is 1.37 bits per heavy atom. The number of piperidine rings is 1. The first-order valence-electron chi connectivity index (χ1n) is 16.0. The Balaban J connectivity index is 0.000000934. The van der Waals surface area contributed by atoms with Crippen LogP contribution in [0.3, 0.4) is 0 Å². The highest BCUT2D eigenvalue weighted by atomic mass is 16.3.